The third-order valence-corrected chi connectivity index (χ3v) is 0.560. The van der Waals surface area contributed by atoms with Crippen LogP contribution in [-0.4, -0.2) is 15.9 Å². The van der Waals surface area contributed by atoms with E-state index in [1.165, 1.54) is 12.3 Å². The first kappa shape index (κ1) is 6.43. The number of aromatic amines is 1. The van der Waals surface area contributed by atoms with Crippen molar-refractivity contribution in [2.24, 2.45) is 0 Å². The van der Waals surface area contributed by atoms with E-state index in [0.717, 1.165) is 0 Å². The maximum absolute atomic E-state index is 11.6. The van der Waals surface area contributed by atoms with Crippen molar-refractivity contribution in [3.05, 3.63) is 24.3 Å². The van der Waals surface area contributed by atoms with Crippen molar-refractivity contribution in [1.29, 1.82) is 0 Å². The molecule has 0 saturated carbocycles. The fourth-order valence-corrected chi connectivity index (χ4v) is 0.308. The SMILES string of the molecule is Fc1ccc[nH]1.[SiH4]. The highest BCUT2D eigenvalue weighted by Gasteiger charge is 1.77. The zero-order valence-corrected chi connectivity index (χ0v) is 3.11. The van der Waals surface area contributed by atoms with E-state index in [9.17, 15) is 4.39 Å². The van der Waals surface area contributed by atoms with Gasteiger partial charge in [-0.3, -0.25) is 0 Å². The molecule has 7 heavy (non-hydrogen) atoms. The molecule has 0 bridgehead atoms. The van der Waals surface area contributed by atoms with Crippen LogP contribution in [0, 0.1) is 5.95 Å². The predicted molar refractivity (Wildman–Crippen MR) is 32.1 cm³/mol. The Morgan fingerprint density at radius 2 is 2.29 bits per heavy atom. The standard InChI is InChI=1S/C4H4FN.H4Si/c5-4-2-1-3-6-4;/h1-3,6H;1H4. The quantitative estimate of drug-likeness (QED) is 0.449. The van der Waals surface area contributed by atoms with Crippen molar-refractivity contribution in [3.8, 4) is 0 Å². The summed E-state index contributed by atoms with van der Waals surface area (Å²) in [6.07, 6.45) is 1.54. The molecule has 0 fully saturated rings. The van der Waals surface area contributed by atoms with Gasteiger partial charge in [0.2, 0.25) is 0 Å². The highest BCUT2D eigenvalue weighted by Crippen LogP contribution is 1.86. The summed E-state index contributed by atoms with van der Waals surface area (Å²) >= 11 is 0. The van der Waals surface area contributed by atoms with E-state index in [4.69, 9.17) is 0 Å². The highest BCUT2D eigenvalue weighted by atomic mass is 28.1. The fraction of sp³-hybridized carbons (Fsp3) is 0. The van der Waals surface area contributed by atoms with Crippen LogP contribution < -0.4 is 0 Å². The van der Waals surface area contributed by atoms with Crippen LogP contribution in [0.25, 0.3) is 0 Å². The molecule has 0 unspecified atom stereocenters. The third kappa shape index (κ3) is 1.54. The van der Waals surface area contributed by atoms with E-state index in [1.807, 2.05) is 0 Å². The number of hydrogen-bond acceptors (Lipinski definition) is 0. The van der Waals surface area contributed by atoms with Gasteiger partial charge in [-0.05, 0) is 23.1 Å². The van der Waals surface area contributed by atoms with E-state index in [1.54, 1.807) is 6.07 Å². The Morgan fingerprint density at radius 3 is 2.43 bits per heavy atom. The lowest BCUT2D eigenvalue weighted by Gasteiger charge is -1.64. The summed E-state index contributed by atoms with van der Waals surface area (Å²) in [7, 11) is 0. The topological polar surface area (TPSA) is 15.8 Å². The van der Waals surface area contributed by atoms with Crippen LogP contribution in [0.2, 0.25) is 0 Å². The molecule has 1 heterocycles. The zero-order chi connectivity index (χ0) is 4.41. The minimum atomic E-state index is -0.282. The van der Waals surface area contributed by atoms with Gasteiger partial charge in [0.05, 0.1) is 0 Å². The number of H-pyrrole nitrogens is 1. The first-order valence-corrected chi connectivity index (χ1v) is 1.68. The Kier molecular flexibility index (Phi) is 2.36. The molecule has 0 amide bonds. The normalized spacial score (nSPS) is 7.57. The summed E-state index contributed by atoms with van der Waals surface area (Å²) in [5.74, 6) is -0.282. The summed E-state index contributed by atoms with van der Waals surface area (Å²) in [6.45, 7) is 0. The van der Waals surface area contributed by atoms with Gasteiger partial charge in [-0.25, -0.2) is 0 Å². The number of halogens is 1. The van der Waals surface area contributed by atoms with Crippen molar-refractivity contribution in [2.75, 3.05) is 0 Å². The van der Waals surface area contributed by atoms with Gasteiger partial charge in [0.1, 0.15) is 0 Å². The lowest BCUT2D eigenvalue weighted by Crippen LogP contribution is -1.61. The van der Waals surface area contributed by atoms with Crippen molar-refractivity contribution < 1.29 is 4.39 Å². The summed E-state index contributed by atoms with van der Waals surface area (Å²) < 4.78 is 11.6. The molecule has 1 nitrogen and oxygen atoms in total. The molecule has 0 saturated heterocycles. The van der Waals surface area contributed by atoms with E-state index in [0.29, 0.717) is 0 Å². The third-order valence-electron chi connectivity index (χ3n) is 0.560. The largest absolute Gasteiger partial charge is 0.339 e. The molecule has 1 aromatic heterocycles. The Morgan fingerprint density at radius 1 is 1.57 bits per heavy atom. The molecule has 0 aromatic carbocycles. The first-order chi connectivity index (χ1) is 2.89. The number of nitrogens with one attached hydrogen (secondary N) is 1. The summed E-state index contributed by atoms with van der Waals surface area (Å²) in [5.41, 5.74) is 0. The molecule has 0 aliphatic heterocycles. The van der Waals surface area contributed by atoms with Gasteiger partial charge in [-0.15, -0.1) is 0 Å². The Balaban J connectivity index is 0.000000360. The van der Waals surface area contributed by atoms with Crippen LogP contribution in [0.1, 0.15) is 0 Å². The maximum atomic E-state index is 11.6. The molecule has 3 heteroatoms. The van der Waals surface area contributed by atoms with E-state index < -0.39 is 0 Å². The van der Waals surface area contributed by atoms with Crippen molar-refractivity contribution in [2.45, 2.75) is 0 Å². The van der Waals surface area contributed by atoms with Gasteiger partial charge >= 0.3 is 0 Å². The monoisotopic (exact) mass is 117 g/mol. The Labute approximate surface area is 45.6 Å². The molecular formula is C4H8FNSi. The van der Waals surface area contributed by atoms with Crippen LogP contribution in [0.5, 0.6) is 0 Å². The highest BCUT2D eigenvalue weighted by molar-refractivity contribution is 5.75. The van der Waals surface area contributed by atoms with Gasteiger partial charge in [0.15, 0.2) is 5.95 Å². The Bertz CT molecular complexity index is 115. The second-order valence-corrected chi connectivity index (χ2v) is 1.02. The van der Waals surface area contributed by atoms with Crippen LogP contribution in [0.4, 0.5) is 4.39 Å². The van der Waals surface area contributed by atoms with Gasteiger partial charge in [0.25, 0.3) is 0 Å². The fourth-order valence-electron chi connectivity index (χ4n) is 0.308. The van der Waals surface area contributed by atoms with Crippen molar-refractivity contribution in [1.82, 2.24) is 4.98 Å². The molecule has 1 aromatic rings. The average molecular weight is 117 g/mol. The van der Waals surface area contributed by atoms with E-state index in [2.05, 4.69) is 4.98 Å². The van der Waals surface area contributed by atoms with Gasteiger partial charge in [-0.1, -0.05) is 0 Å². The zero-order valence-electron chi connectivity index (χ0n) is 3.11. The molecular weight excluding hydrogens is 109 g/mol. The summed E-state index contributed by atoms with van der Waals surface area (Å²) in [4.78, 5) is 2.33. The summed E-state index contributed by atoms with van der Waals surface area (Å²) in [6, 6.07) is 2.97. The summed E-state index contributed by atoms with van der Waals surface area (Å²) in [5, 5.41) is 0. The molecule has 1 N–H and O–H groups in total. The van der Waals surface area contributed by atoms with Crippen LogP contribution in [-0.2, 0) is 0 Å². The molecule has 0 aliphatic rings. The maximum Gasteiger partial charge on any atom is 0.191 e. The van der Waals surface area contributed by atoms with Gasteiger partial charge < -0.3 is 4.98 Å². The molecule has 40 valence electrons. The van der Waals surface area contributed by atoms with Gasteiger partial charge in [0, 0.05) is 6.20 Å². The minimum absolute atomic E-state index is 0. The molecule has 0 atom stereocenters. The lowest BCUT2D eigenvalue weighted by molar-refractivity contribution is 0.591. The average Bonchev–Trinajstić information content (AvgIpc) is 1.86. The number of rotatable bonds is 0. The number of hydrogen-bond donors (Lipinski definition) is 1. The lowest BCUT2D eigenvalue weighted by atomic mass is 10.7. The molecule has 1 rings (SSSR count). The molecule has 0 spiro atoms. The predicted octanol–water partition coefficient (Wildman–Crippen LogP) is -0.298. The van der Waals surface area contributed by atoms with E-state index in [-0.39, 0.29) is 16.9 Å². The van der Waals surface area contributed by atoms with Crippen LogP contribution >= 0.6 is 0 Å². The second-order valence-electron chi connectivity index (χ2n) is 1.02. The first-order valence-electron chi connectivity index (χ1n) is 1.68. The Hall–Kier alpha value is -0.573. The van der Waals surface area contributed by atoms with Crippen molar-refractivity contribution >= 4 is 11.0 Å². The smallest absolute Gasteiger partial charge is 0.191 e. The number of aromatic nitrogens is 1. The minimum Gasteiger partial charge on any atom is -0.339 e. The van der Waals surface area contributed by atoms with E-state index >= 15 is 0 Å². The second kappa shape index (κ2) is 2.57. The van der Waals surface area contributed by atoms with Gasteiger partial charge in [-0.2, -0.15) is 4.39 Å². The van der Waals surface area contributed by atoms with Crippen LogP contribution in [0.3, 0.4) is 0 Å². The molecule has 0 aliphatic carbocycles. The molecule has 0 radical (unpaired) electrons. The van der Waals surface area contributed by atoms with Crippen molar-refractivity contribution in [3.63, 3.8) is 0 Å². The van der Waals surface area contributed by atoms with Crippen LogP contribution in [0.15, 0.2) is 18.3 Å².